The van der Waals surface area contributed by atoms with E-state index >= 15 is 0 Å². The second kappa shape index (κ2) is 9.69. The molecule has 0 aliphatic heterocycles. The Hall–Kier alpha value is -1.93. The van der Waals surface area contributed by atoms with Crippen LogP contribution >= 0.6 is 11.6 Å². The van der Waals surface area contributed by atoms with Crippen molar-refractivity contribution in [1.29, 1.82) is 0 Å². The fourth-order valence-corrected chi connectivity index (χ4v) is 4.14. The van der Waals surface area contributed by atoms with Gasteiger partial charge in [0.1, 0.15) is 11.3 Å². The molecule has 3 rings (SSSR count). The van der Waals surface area contributed by atoms with Crippen LogP contribution in [0, 0.1) is 29.2 Å². The topological polar surface area (TPSA) is 18.5 Å². The first-order chi connectivity index (χ1) is 14.6. The maximum atomic E-state index is 14.8. The molecule has 170 valence electrons. The molecule has 1 saturated carbocycles. The molecule has 0 N–H and O–H groups in total. The largest absolute Gasteiger partial charge is 0.429 e. The summed E-state index contributed by atoms with van der Waals surface area (Å²) in [5.41, 5.74) is -0.760. The lowest BCUT2D eigenvalue weighted by Crippen LogP contribution is -2.24. The number of benzene rings is 2. The second-order valence-electron chi connectivity index (χ2n) is 7.53. The quantitative estimate of drug-likeness (QED) is 0.314. The van der Waals surface area contributed by atoms with Gasteiger partial charge in [0.25, 0.3) is 0 Å². The van der Waals surface area contributed by atoms with Crippen molar-refractivity contribution in [2.45, 2.75) is 44.6 Å². The number of hydrogen-bond acceptors (Lipinski definition) is 2. The van der Waals surface area contributed by atoms with Gasteiger partial charge in [-0.15, -0.1) is 0 Å². The first-order valence-electron chi connectivity index (χ1n) is 9.91. The van der Waals surface area contributed by atoms with Gasteiger partial charge < -0.3 is 9.47 Å². The smallest absolute Gasteiger partial charge is 0.429 e. The second-order valence-corrected chi connectivity index (χ2v) is 7.91. The minimum absolute atomic E-state index is 0.0799. The lowest BCUT2D eigenvalue weighted by atomic mass is 9.79. The lowest BCUT2D eigenvalue weighted by molar-refractivity contribution is -0.187. The van der Waals surface area contributed by atoms with Crippen LogP contribution in [-0.2, 0) is 10.8 Å². The van der Waals surface area contributed by atoms with E-state index in [1.807, 2.05) is 6.92 Å². The number of halogens is 7. The molecule has 9 heteroatoms. The van der Waals surface area contributed by atoms with E-state index in [9.17, 15) is 26.3 Å². The van der Waals surface area contributed by atoms with Crippen molar-refractivity contribution in [3.63, 3.8) is 0 Å². The molecule has 1 fully saturated rings. The highest BCUT2D eigenvalue weighted by atomic mass is 35.5. The maximum Gasteiger partial charge on any atom is 0.429 e. The Bertz CT molecular complexity index is 905. The molecule has 2 aromatic rings. The van der Waals surface area contributed by atoms with Gasteiger partial charge in [0, 0.05) is 25.3 Å². The molecule has 2 aromatic carbocycles. The van der Waals surface area contributed by atoms with Crippen LogP contribution in [0.5, 0.6) is 5.75 Å². The summed E-state index contributed by atoms with van der Waals surface area (Å²) in [4.78, 5) is 0. The van der Waals surface area contributed by atoms with E-state index in [1.165, 1.54) is 6.07 Å². The first-order valence-corrected chi connectivity index (χ1v) is 10.3. The van der Waals surface area contributed by atoms with Crippen LogP contribution in [0.4, 0.5) is 26.3 Å². The number of ether oxygens (including phenoxy) is 2. The van der Waals surface area contributed by atoms with Crippen molar-refractivity contribution < 1.29 is 35.8 Å². The Kier molecular flexibility index (Phi) is 7.42. The van der Waals surface area contributed by atoms with Gasteiger partial charge in [-0.2, -0.15) is 8.78 Å². The van der Waals surface area contributed by atoms with Gasteiger partial charge >= 0.3 is 6.11 Å². The molecule has 1 aliphatic rings. The molecule has 0 saturated heterocycles. The van der Waals surface area contributed by atoms with Gasteiger partial charge in [-0.05, 0) is 56.1 Å². The zero-order chi connectivity index (χ0) is 22.8. The van der Waals surface area contributed by atoms with E-state index in [-0.39, 0.29) is 18.1 Å². The zero-order valence-corrected chi connectivity index (χ0v) is 17.4. The average Bonchev–Trinajstić information content (AvgIpc) is 2.72. The SMILES string of the molecule is CCOCC1CCC(c2ccc(C(F)(F)Oc3cc(F)c(F)c(F)c3)c(F)c2Cl)CC1. The number of rotatable bonds is 7. The molecule has 0 amide bonds. The lowest BCUT2D eigenvalue weighted by Gasteiger charge is -2.29. The van der Waals surface area contributed by atoms with Gasteiger partial charge in [0.15, 0.2) is 23.3 Å². The van der Waals surface area contributed by atoms with Crippen LogP contribution in [0.15, 0.2) is 24.3 Å². The summed E-state index contributed by atoms with van der Waals surface area (Å²) < 4.78 is 93.1. The predicted octanol–water partition coefficient (Wildman–Crippen LogP) is 7.34. The molecule has 0 atom stereocenters. The molecule has 0 bridgehead atoms. The van der Waals surface area contributed by atoms with Crippen LogP contribution in [0.1, 0.15) is 49.7 Å². The summed E-state index contributed by atoms with van der Waals surface area (Å²) in [7, 11) is 0. The van der Waals surface area contributed by atoms with Crippen molar-refractivity contribution in [3.05, 3.63) is 63.7 Å². The van der Waals surface area contributed by atoms with Crippen LogP contribution < -0.4 is 4.74 Å². The van der Waals surface area contributed by atoms with Crippen molar-refractivity contribution >= 4 is 11.6 Å². The third-order valence-corrected chi connectivity index (χ3v) is 5.86. The predicted molar refractivity (Wildman–Crippen MR) is 103 cm³/mol. The molecule has 2 nitrogen and oxygen atoms in total. The van der Waals surface area contributed by atoms with E-state index in [1.54, 1.807) is 0 Å². The standard InChI is InChI=1S/C22H21ClF6O2/c1-2-30-11-12-3-5-13(6-4-12)15-7-8-16(20(26)19(15)23)22(28,29)31-14-9-17(24)21(27)18(25)10-14/h7-10,12-13H,2-6,11H2,1H3. The molecule has 0 unspecified atom stereocenters. The van der Waals surface area contributed by atoms with Crippen LogP contribution in [0.2, 0.25) is 5.02 Å². The van der Waals surface area contributed by atoms with Crippen LogP contribution in [0.25, 0.3) is 0 Å². The average molecular weight is 467 g/mol. The fourth-order valence-electron chi connectivity index (χ4n) is 3.82. The third kappa shape index (κ3) is 5.29. The van der Waals surface area contributed by atoms with Crippen molar-refractivity contribution in [3.8, 4) is 5.75 Å². The minimum atomic E-state index is -4.29. The Morgan fingerprint density at radius 2 is 1.58 bits per heavy atom. The monoisotopic (exact) mass is 466 g/mol. The normalized spacial score (nSPS) is 19.5. The first kappa shape index (κ1) is 23.7. The third-order valence-electron chi connectivity index (χ3n) is 5.47. The Morgan fingerprint density at radius 1 is 0.968 bits per heavy atom. The van der Waals surface area contributed by atoms with E-state index in [0.717, 1.165) is 31.7 Å². The van der Waals surface area contributed by atoms with Crippen LogP contribution in [-0.4, -0.2) is 13.2 Å². The molecular weight excluding hydrogens is 446 g/mol. The van der Waals surface area contributed by atoms with Gasteiger partial charge in [-0.25, -0.2) is 17.6 Å². The highest BCUT2D eigenvalue weighted by Gasteiger charge is 2.40. The summed E-state index contributed by atoms with van der Waals surface area (Å²) in [6.45, 7) is 3.20. The number of alkyl halides is 2. The van der Waals surface area contributed by atoms with E-state index in [2.05, 4.69) is 4.74 Å². The number of hydrogen-bond donors (Lipinski definition) is 0. The highest BCUT2D eigenvalue weighted by Crippen LogP contribution is 2.42. The molecule has 1 aliphatic carbocycles. The molecular formula is C22H21ClF6O2. The van der Waals surface area contributed by atoms with E-state index < -0.39 is 45.7 Å². The minimum Gasteiger partial charge on any atom is -0.429 e. The van der Waals surface area contributed by atoms with Gasteiger partial charge in [0.2, 0.25) is 0 Å². The van der Waals surface area contributed by atoms with Gasteiger partial charge in [-0.1, -0.05) is 17.7 Å². The molecule has 0 radical (unpaired) electrons. The summed E-state index contributed by atoms with van der Waals surface area (Å²) in [5, 5.41) is -0.439. The van der Waals surface area contributed by atoms with Crippen molar-refractivity contribution in [2.75, 3.05) is 13.2 Å². The Labute approximate surface area is 181 Å². The van der Waals surface area contributed by atoms with Gasteiger partial charge in [0.05, 0.1) is 5.02 Å². The van der Waals surface area contributed by atoms with Crippen molar-refractivity contribution in [1.82, 2.24) is 0 Å². The summed E-state index contributed by atoms with van der Waals surface area (Å²) >= 11 is 6.07. The summed E-state index contributed by atoms with van der Waals surface area (Å²) in [5.74, 6) is -7.29. The van der Waals surface area contributed by atoms with Crippen LogP contribution in [0.3, 0.4) is 0 Å². The highest BCUT2D eigenvalue weighted by molar-refractivity contribution is 6.31. The molecule has 0 aromatic heterocycles. The van der Waals surface area contributed by atoms with E-state index in [0.29, 0.717) is 24.7 Å². The Balaban J connectivity index is 1.78. The molecule has 0 spiro atoms. The fraction of sp³-hybridized carbons (Fsp3) is 0.455. The van der Waals surface area contributed by atoms with Gasteiger partial charge in [-0.3, -0.25) is 0 Å². The summed E-state index contributed by atoms with van der Waals surface area (Å²) in [6, 6.07) is 2.66. The zero-order valence-electron chi connectivity index (χ0n) is 16.7. The van der Waals surface area contributed by atoms with E-state index in [4.69, 9.17) is 16.3 Å². The summed E-state index contributed by atoms with van der Waals surface area (Å²) in [6.07, 6.45) is -1.15. The van der Waals surface area contributed by atoms with Crippen molar-refractivity contribution in [2.24, 2.45) is 5.92 Å². The molecule has 0 heterocycles. The Morgan fingerprint density at radius 3 is 2.16 bits per heavy atom. The maximum absolute atomic E-state index is 14.8. The molecule has 31 heavy (non-hydrogen) atoms.